The van der Waals surface area contributed by atoms with Gasteiger partial charge in [-0.15, -0.1) is 5.10 Å². The molecule has 15 heavy (non-hydrogen) atoms. The maximum atomic E-state index is 11.4. The van der Waals surface area contributed by atoms with Crippen LogP contribution in [0.5, 0.6) is 0 Å². The first-order valence-corrected chi connectivity index (χ1v) is 5.70. The first kappa shape index (κ1) is 11.8. The Kier molecular flexibility index (Phi) is 4.41. The van der Waals surface area contributed by atoms with Crippen molar-refractivity contribution in [2.75, 3.05) is 11.5 Å². The van der Waals surface area contributed by atoms with E-state index in [9.17, 15) is 4.79 Å². The maximum Gasteiger partial charge on any atom is 0.230 e. The van der Waals surface area contributed by atoms with Gasteiger partial charge in [0.25, 0.3) is 0 Å². The number of carbonyl (C=O) groups is 1. The van der Waals surface area contributed by atoms with Gasteiger partial charge in [0.15, 0.2) is 0 Å². The van der Waals surface area contributed by atoms with Crippen LogP contribution in [0.4, 0.5) is 5.95 Å². The Morgan fingerprint density at radius 2 is 2.47 bits per heavy atom. The van der Waals surface area contributed by atoms with Crippen molar-refractivity contribution in [1.29, 1.82) is 0 Å². The molecule has 1 aromatic heterocycles. The standard InChI is InChI=1S/C8H15N5OS/c1-3-5(2)10-6(14)4-15-8-11-7(9)12-13-8/h5H,3-4H2,1-2H3,(H,10,14)(H3,9,11,12,13)/t5-/m0/s1. The third-order valence-electron chi connectivity index (χ3n) is 1.83. The molecule has 0 saturated heterocycles. The third kappa shape index (κ3) is 4.20. The number of H-pyrrole nitrogens is 1. The maximum absolute atomic E-state index is 11.4. The van der Waals surface area contributed by atoms with Gasteiger partial charge in [0.1, 0.15) is 0 Å². The average Bonchev–Trinajstić information content (AvgIpc) is 2.61. The van der Waals surface area contributed by atoms with Gasteiger partial charge >= 0.3 is 0 Å². The summed E-state index contributed by atoms with van der Waals surface area (Å²) in [4.78, 5) is 15.2. The van der Waals surface area contributed by atoms with E-state index in [1.54, 1.807) is 0 Å². The fourth-order valence-electron chi connectivity index (χ4n) is 0.871. The van der Waals surface area contributed by atoms with E-state index in [2.05, 4.69) is 20.5 Å². The van der Waals surface area contributed by atoms with Crippen molar-refractivity contribution in [3.63, 3.8) is 0 Å². The van der Waals surface area contributed by atoms with E-state index < -0.39 is 0 Å². The molecule has 0 aliphatic rings. The summed E-state index contributed by atoms with van der Waals surface area (Å²) in [5.74, 6) is 0.555. The number of thioether (sulfide) groups is 1. The number of rotatable bonds is 5. The van der Waals surface area contributed by atoms with Gasteiger partial charge in [-0.3, -0.25) is 4.79 Å². The minimum Gasteiger partial charge on any atom is -0.368 e. The van der Waals surface area contributed by atoms with Crippen LogP contribution in [0.25, 0.3) is 0 Å². The third-order valence-corrected chi connectivity index (χ3v) is 2.68. The molecule has 0 spiro atoms. The minimum atomic E-state index is -0.0160. The normalized spacial score (nSPS) is 12.4. The second-order valence-corrected chi connectivity index (χ2v) is 4.11. The Morgan fingerprint density at radius 3 is 3.00 bits per heavy atom. The molecule has 1 heterocycles. The van der Waals surface area contributed by atoms with Crippen LogP contribution in [0, 0.1) is 0 Å². The molecule has 6 nitrogen and oxygen atoms in total. The summed E-state index contributed by atoms with van der Waals surface area (Å²) in [6.45, 7) is 3.99. The van der Waals surface area contributed by atoms with Gasteiger partial charge in [-0.05, 0) is 13.3 Å². The van der Waals surface area contributed by atoms with Crippen molar-refractivity contribution in [3.8, 4) is 0 Å². The van der Waals surface area contributed by atoms with Gasteiger partial charge < -0.3 is 11.1 Å². The highest BCUT2D eigenvalue weighted by atomic mass is 32.2. The Morgan fingerprint density at radius 1 is 1.73 bits per heavy atom. The highest BCUT2D eigenvalue weighted by Crippen LogP contribution is 2.11. The van der Waals surface area contributed by atoms with E-state index in [0.717, 1.165) is 6.42 Å². The Balaban J connectivity index is 2.28. The highest BCUT2D eigenvalue weighted by molar-refractivity contribution is 7.99. The van der Waals surface area contributed by atoms with E-state index in [4.69, 9.17) is 5.73 Å². The summed E-state index contributed by atoms with van der Waals surface area (Å²) in [6.07, 6.45) is 0.921. The number of aromatic nitrogens is 3. The number of aromatic amines is 1. The predicted octanol–water partition coefficient (Wildman–Crippen LogP) is 0.394. The van der Waals surface area contributed by atoms with Crippen LogP contribution in [0.3, 0.4) is 0 Å². The summed E-state index contributed by atoms with van der Waals surface area (Å²) in [5.41, 5.74) is 5.34. The number of amides is 1. The second-order valence-electron chi connectivity index (χ2n) is 3.17. The van der Waals surface area contributed by atoms with Gasteiger partial charge in [-0.1, -0.05) is 18.7 Å². The molecule has 1 atom stereocenters. The number of anilines is 1. The number of nitrogens with one attached hydrogen (secondary N) is 2. The summed E-state index contributed by atoms with van der Waals surface area (Å²) < 4.78 is 0. The molecule has 0 aliphatic heterocycles. The van der Waals surface area contributed by atoms with Crippen molar-refractivity contribution in [2.45, 2.75) is 31.5 Å². The quantitative estimate of drug-likeness (QED) is 0.635. The largest absolute Gasteiger partial charge is 0.368 e. The molecule has 0 saturated carbocycles. The number of hydrogen-bond acceptors (Lipinski definition) is 5. The highest BCUT2D eigenvalue weighted by Gasteiger charge is 2.08. The van der Waals surface area contributed by atoms with Crippen molar-refractivity contribution in [2.24, 2.45) is 0 Å². The van der Waals surface area contributed by atoms with Crippen molar-refractivity contribution in [1.82, 2.24) is 20.5 Å². The molecule has 0 fully saturated rings. The number of nitrogens with zero attached hydrogens (tertiary/aromatic N) is 2. The Bertz CT molecular complexity index is 327. The van der Waals surface area contributed by atoms with E-state index in [-0.39, 0.29) is 17.9 Å². The van der Waals surface area contributed by atoms with Crippen LogP contribution in [-0.4, -0.2) is 32.9 Å². The van der Waals surface area contributed by atoms with Crippen LogP contribution in [0.2, 0.25) is 0 Å². The summed E-state index contributed by atoms with van der Waals surface area (Å²) in [7, 11) is 0. The number of carbonyl (C=O) groups excluding carboxylic acids is 1. The molecule has 1 rings (SSSR count). The summed E-state index contributed by atoms with van der Waals surface area (Å²) >= 11 is 1.26. The smallest absolute Gasteiger partial charge is 0.230 e. The number of nitrogens with two attached hydrogens (primary N) is 1. The minimum absolute atomic E-state index is 0.0160. The van der Waals surface area contributed by atoms with Crippen molar-refractivity contribution < 1.29 is 4.79 Å². The molecule has 84 valence electrons. The molecule has 1 amide bonds. The molecule has 0 unspecified atom stereocenters. The van der Waals surface area contributed by atoms with Gasteiger partial charge in [-0.25, -0.2) is 5.10 Å². The monoisotopic (exact) mass is 229 g/mol. The molecule has 4 N–H and O–H groups in total. The van der Waals surface area contributed by atoms with Crippen LogP contribution < -0.4 is 11.1 Å². The van der Waals surface area contributed by atoms with Gasteiger partial charge in [0.2, 0.25) is 17.0 Å². The van der Waals surface area contributed by atoms with Crippen molar-refractivity contribution >= 4 is 23.6 Å². The van der Waals surface area contributed by atoms with Crippen LogP contribution in [0.1, 0.15) is 20.3 Å². The van der Waals surface area contributed by atoms with Crippen LogP contribution in [0.15, 0.2) is 5.16 Å². The van der Waals surface area contributed by atoms with E-state index in [1.165, 1.54) is 11.8 Å². The molecular weight excluding hydrogens is 214 g/mol. The zero-order valence-electron chi connectivity index (χ0n) is 8.78. The summed E-state index contributed by atoms with van der Waals surface area (Å²) in [5, 5.41) is 9.66. The Hall–Kier alpha value is -1.24. The molecule has 0 aromatic carbocycles. The first-order valence-electron chi connectivity index (χ1n) is 4.71. The van der Waals surface area contributed by atoms with Gasteiger partial charge in [0.05, 0.1) is 5.75 Å². The van der Waals surface area contributed by atoms with Crippen LogP contribution in [-0.2, 0) is 4.79 Å². The molecule has 1 aromatic rings. The molecule has 0 radical (unpaired) electrons. The van der Waals surface area contributed by atoms with Gasteiger partial charge in [0, 0.05) is 6.04 Å². The van der Waals surface area contributed by atoms with Crippen LogP contribution >= 0.6 is 11.8 Å². The van der Waals surface area contributed by atoms with E-state index in [0.29, 0.717) is 10.9 Å². The second kappa shape index (κ2) is 5.59. The zero-order chi connectivity index (χ0) is 11.3. The predicted molar refractivity (Wildman–Crippen MR) is 59.4 cm³/mol. The molecular formula is C8H15N5OS. The lowest BCUT2D eigenvalue weighted by Gasteiger charge is -2.09. The van der Waals surface area contributed by atoms with E-state index in [1.807, 2.05) is 13.8 Å². The molecule has 0 bridgehead atoms. The lowest BCUT2D eigenvalue weighted by molar-refractivity contribution is -0.119. The molecule has 7 heteroatoms. The SMILES string of the molecule is CC[C@H](C)NC(=O)CSc1n[nH]c(N)n1. The lowest BCUT2D eigenvalue weighted by Crippen LogP contribution is -2.33. The average molecular weight is 229 g/mol. The van der Waals surface area contributed by atoms with Gasteiger partial charge in [-0.2, -0.15) is 4.98 Å². The zero-order valence-corrected chi connectivity index (χ0v) is 9.60. The topological polar surface area (TPSA) is 96.7 Å². The first-order chi connectivity index (χ1) is 7.11. The number of hydrogen-bond donors (Lipinski definition) is 3. The fourth-order valence-corrected chi connectivity index (χ4v) is 1.49. The van der Waals surface area contributed by atoms with Crippen molar-refractivity contribution in [3.05, 3.63) is 0 Å². The lowest BCUT2D eigenvalue weighted by atomic mass is 10.3. The van der Waals surface area contributed by atoms with E-state index >= 15 is 0 Å². The Labute approximate surface area is 92.4 Å². The number of nitrogen functional groups attached to an aromatic ring is 1. The molecule has 0 aliphatic carbocycles. The summed E-state index contributed by atoms with van der Waals surface area (Å²) in [6, 6.07) is 0.204. The fraction of sp³-hybridized carbons (Fsp3) is 0.625.